The molecule has 106 valence electrons. The molecule has 2 aromatic rings. The summed E-state index contributed by atoms with van der Waals surface area (Å²) in [6, 6.07) is 9.50. The molecule has 0 saturated heterocycles. The van der Waals surface area contributed by atoms with E-state index in [4.69, 9.17) is 0 Å². The Morgan fingerprint density at radius 2 is 2.05 bits per heavy atom. The van der Waals surface area contributed by atoms with Crippen molar-refractivity contribution in [2.75, 3.05) is 6.54 Å². The molecule has 1 heterocycles. The topological polar surface area (TPSA) is 24.9 Å². The molecule has 1 saturated carbocycles. The van der Waals surface area contributed by atoms with Gasteiger partial charge in [-0.25, -0.2) is 4.98 Å². The first-order valence-corrected chi connectivity index (χ1v) is 8.40. The molecule has 0 aliphatic heterocycles. The second-order valence-electron chi connectivity index (χ2n) is 5.59. The van der Waals surface area contributed by atoms with Gasteiger partial charge in [0.15, 0.2) is 0 Å². The van der Waals surface area contributed by atoms with Gasteiger partial charge in [0.1, 0.15) is 0 Å². The molecule has 1 atom stereocenters. The predicted molar refractivity (Wildman–Crippen MR) is 85.4 cm³/mol. The number of nitrogens with one attached hydrogen (secondary N) is 1. The van der Waals surface area contributed by atoms with Crippen LogP contribution in [0.1, 0.15) is 59.8 Å². The number of thiazole rings is 1. The lowest BCUT2D eigenvalue weighted by Crippen LogP contribution is -2.22. The van der Waals surface area contributed by atoms with E-state index < -0.39 is 0 Å². The lowest BCUT2D eigenvalue weighted by atomic mass is 9.80. The van der Waals surface area contributed by atoms with Gasteiger partial charge in [0, 0.05) is 4.88 Å². The molecule has 0 bridgehead atoms. The Balaban J connectivity index is 1.85. The van der Waals surface area contributed by atoms with E-state index in [-0.39, 0.29) is 6.04 Å². The standard InChI is InChI=1S/C17H22N2S/c1-3-18-16(17-12(2)19-11-20-17)15-9-7-14(8-10-15)13-5-4-6-13/h7-11,13,16,18H,3-6H2,1-2H3. The first-order valence-electron chi connectivity index (χ1n) is 7.52. The molecule has 1 aromatic carbocycles. The van der Waals surface area contributed by atoms with Crippen LogP contribution in [0.3, 0.4) is 0 Å². The Hall–Kier alpha value is -1.19. The van der Waals surface area contributed by atoms with Gasteiger partial charge in [0.25, 0.3) is 0 Å². The van der Waals surface area contributed by atoms with Crippen LogP contribution in [0.25, 0.3) is 0 Å². The molecule has 20 heavy (non-hydrogen) atoms. The van der Waals surface area contributed by atoms with Gasteiger partial charge in [0.2, 0.25) is 0 Å². The zero-order valence-electron chi connectivity index (χ0n) is 12.2. The minimum absolute atomic E-state index is 0.281. The van der Waals surface area contributed by atoms with E-state index in [0.717, 1.165) is 18.2 Å². The van der Waals surface area contributed by atoms with Gasteiger partial charge in [-0.1, -0.05) is 37.6 Å². The molecule has 1 unspecified atom stereocenters. The number of benzene rings is 1. The van der Waals surface area contributed by atoms with Gasteiger partial charge in [0.05, 0.1) is 17.2 Å². The molecular weight excluding hydrogens is 264 g/mol. The summed E-state index contributed by atoms with van der Waals surface area (Å²) >= 11 is 1.74. The van der Waals surface area contributed by atoms with Crippen molar-refractivity contribution < 1.29 is 0 Å². The number of nitrogens with zero attached hydrogens (tertiary/aromatic N) is 1. The van der Waals surface area contributed by atoms with Crippen LogP contribution >= 0.6 is 11.3 Å². The third kappa shape index (κ3) is 2.65. The van der Waals surface area contributed by atoms with E-state index in [2.05, 4.69) is 48.4 Å². The molecule has 3 heteroatoms. The quantitative estimate of drug-likeness (QED) is 0.880. The minimum atomic E-state index is 0.281. The Labute approximate surface area is 125 Å². The fourth-order valence-electron chi connectivity index (χ4n) is 2.86. The summed E-state index contributed by atoms with van der Waals surface area (Å²) in [4.78, 5) is 5.73. The second kappa shape index (κ2) is 6.06. The maximum atomic E-state index is 4.39. The predicted octanol–water partition coefficient (Wildman–Crippen LogP) is 4.42. The largest absolute Gasteiger partial charge is 0.306 e. The highest BCUT2D eigenvalue weighted by Gasteiger charge is 2.21. The monoisotopic (exact) mass is 286 g/mol. The highest BCUT2D eigenvalue weighted by atomic mass is 32.1. The Morgan fingerprint density at radius 1 is 1.30 bits per heavy atom. The van der Waals surface area contributed by atoms with Crippen LogP contribution in [-0.4, -0.2) is 11.5 Å². The van der Waals surface area contributed by atoms with Crippen molar-refractivity contribution in [1.29, 1.82) is 0 Å². The second-order valence-corrected chi connectivity index (χ2v) is 6.47. The smallest absolute Gasteiger partial charge is 0.0798 e. The van der Waals surface area contributed by atoms with E-state index in [1.165, 1.54) is 35.3 Å². The lowest BCUT2D eigenvalue weighted by Gasteiger charge is -2.26. The average molecular weight is 286 g/mol. The first kappa shape index (κ1) is 13.8. The molecule has 3 rings (SSSR count). The Bertz CT molecular complexity index is 555. The van der Waals surface area contributed by atoms with Crippen LogP contribution in [0.15, 0.2) is 29.8 Å². The summed E-state index contributed by atoms with van der Waals surface area (Å²) in [7, 11) is 0. The van der Waals surface area contributed by atoms with Gasteiger partial charge in [-0.15, -0.1) is 11.3 Å². The summed E-state index contributed by atoms with van der Waals surface area (Å²) in [6.45, 7) is 5.22. The van der Waals surface area contributed by atoms with E-state index >= 15 is 0 Å². The van der Waals surface area contributed by atoms with Crippen molar-refractivity contribution in [3.8, 4) is 0 Å². The van der Waals surface area contributed by atoms with E-state index in [0.29, 0.717) is 0 Å². The van der Waals surface area contributed by atoms with Crippen molar-refractivity contribution >= 4 is 11.3 Å². The van der Waals surface area contributed by atoms with Gasteiger partial charge in [-0.2, -0.15) is 0 Å². The van der Waals surface area contributed by atoms with Crippen molar-refractivity contribution in [2.24, 2.45) is 0 Å². The summed E-state index contributed by atoms with van der Waals surface area (Å²) < 4.78 is 0. The fraction of sp³-hybridized carbons (Fsp3) is 0.471. The molecule has 1 aliphatic rings. The zero-order chi connectivity index (χ0) is 13.9. The average Bonchev–Trinajstić information content (AvgIpc) is 2.81. The Morgan fingerprint density at radius 3 is 2.55 bits per heavy atom. The maximum absolute atomic E-state index is 4.39. The molecule has 1 N–H and O–H groups in total. The highest BCUT2D eigenvalue weighted by Crippen LogP contribution is 2.37. The van der Waals surface area contributed by atoms with Gasteiger partial charge in [-0.05, 0) is 43.4 Å². The molecule has 0 spiro atoms. The number of aryl methyl sites for hydroxylation is 1. The summed E-state index contributed by atoms with van der Waals surface area (Å²) in [5, 5.41) is 3.59. The number of rotatable bonds is 5. The van der Waals surface area contributed by atoms with Crippen LogP contribution in [0, 0.1) is 6.92 Å². The molecule has 2 nitrogen and oxygen atoms in total. The van der Waals surface area contributed by atoms with Crippen LogP contribution in [0.2, 0.25) is 0 Å². The molecule has 0 amide bonds. The summed E-state index contributed by atoms with van der Waals surface area (Å²) in [5.74, 6) is 0.812. The van der Waals surface area contributed by atoms with Crippen LogP contribution in [0.4, 0.5) is 0 Å². The number of aromatic nitrogens is 1. The van der Waals surface area contributed by atoms with Crippen LogP contribution in [-0.2, 0) is 0 Å². The van der Waals surface area contributed by atoms with E-state index in [1.54, 1.807) is 11.3 Å². The molecular formula is C17H22N2S. The van der Waals surface area contributed by atoms with Crippen molar-refractivity contribution in [2.45, 2.75) is 45.1 Å². The van der Waals surface area contributed by atoms with Gasteiger partial charge in [-0.3, -0.25) is 0 Å². The number of hydrogen-bond acceptors (Lipinski definition) is 3. The maximum Gasteiger partial charge on any atom is 0.0798 e. The third-order valence-electron chi connectivity index (χ3n) is 4.30. The first-order chi connectivity index (χ1) is 9.79. The third-order valence-corrected chi connectivity index (χ3v) is 5.30. The SMILES string of the molecule is CCNC(c1ccc(C2CCC2)cc1)c1scnc1C. The van der Waals surface area contributed by atoms with Crippen molar-refractivity contribution in [3.63, 3.8) is 0 Å². The van der Waals surface area contributed by atoms with E-state index in [9.17, 15) is 0 Å². The number of hydrogen-bond donors (Lipinski definition) is 1. The fourth-order valence-corrected chi connectivity index (χ4v) is 3.76. The van der Waals surface area contributed by atoms with Gasteiger partial charge < -0.3 is 5.32 Å². The normalized spacial score (nSPS) is 16.9. The van der Waals surface area contributed by atoms with Gasteiger partial charge >= 0.3 is 0 Å². The summed E-state index contributed by atoms with van der Waals surface area (Å²) in [5.41, 5.74) is 5.94. The van der Waals surface area contributed by atoms with Crippen LogP contribution < -0.4 is 5.32 Å². The summed E-state index contributed by atoms with van der Waals surface area (Å²) in [6.07, 6.45) is 4.13. The zero-order valence-corrected chi connectivity index (χ0v) is 13.0. The molecule has 1 fully saturated rings. The molecule has 1 aliphatic carbocycles. The van der Waals surface area contributed by atoms with Crippen molar-refractivity contribution in [3.05, 3.63) is 51.5 Å². The molecule has 0 radical (unpaired) electrons. The van der Waals surface area contributed by atoms with Crippen molar-refractivity contribution in [1.82, 2.24) is 10.3 Å². The lowest BCUT2D eigenvalue weighted by molar-refractivity contribution is 0.419. The minimum Gasteiger partial charge on any atom is -0.306 e. The Kier molecular flexibility index (Phi) is 4.18. The van der Waals surface area contributed by atoms with Crippen LogP contribution in [0.5, 0.6) is 0 Å². The molecule has 1 aromatic heterocycles. The van der Waals surface area contributed by atoms with E-state index in [1.807, 2.05) is 5.51 Å². The highest BCUT2D eigenvalue weighted by molar-refractivity contribution is 7.09.